The van der Waals surface area contributed by atoms with Gasteiger partial charge in [0, 0.05) is 60.1 Å². The first-order chi connectivity index (χ1) is 44.5. The third kappa shape index (κ3) is 16.5. The van der Waals surface area contributed by atoms with E-state index in [4.69, 9.17) is 15.2 Å². The number of amides is 4. The van der Waals surface area contributed by atoms with Gasteiger partial charge < -0.3 is 35.6 Å². The molecule has 2 fully saturated rings. The highest BCUT2D eigenvalue weighted by molar-refractivity contribution is 6.09. The van der Waals surface area contributed by atoms with Crippen molar-refractivity contribution in [2.45, 2.75) is 103 Å². The average Bonchev–Trinajstić information content (AvgIpc) is 1.67. The third-order valence-electron chi connectivity index (χ3n) is 16.8. The number of hydrogen-bond donors (Lipinski definition) is 3. The summed E-state index contributed by atoms with van der Waals surface area (Å²) in [6.45, 7) is 15.1. The van der Waals surface area contributed by atoms with E-state index in [-0.39, 0.29) is 24.0 Å². The first kappa shape index (κ1) is 65.3. The Bertz CT molecular complexity index is 3930. The predicted molar refractivity (Wildman–Crippen MR) is 353 cm³/mol. The van der Waals surface area contributed by atoms with Gasteiger partial charge >= 0.3 is 6.03 Å². The number of carbonyl (C=O) groups is 3. The standard InChI is InChI=1S/C37H38F2N4O3.C30H35N3O2.C7H3F2NO/c1-24(2)46-34-12-4-3-9-30(34)26-15-18-42(19-16-26)23-25-7-5-8-28(21-25)36(44)43-20-17-27-13-14-29(22-33(27)43)40-37(45)41-35-31(38)10-6-11-32(35)39;1-21(2)35-29-9-4-3-8-27(29)23-12-15-32(16-13-23)20-22-6-5-7-25(18-22)30(34)33-17-14-24-10-11-26(31)19-28(24)33;8-5-2-1-3-6(9)7(5)10-4-11/h3-14,21-22,24,26H,15-20,23H2,1-2H3,(H2,40,41,45);3-11,18-19,21,23H,12-17,20,31H2,1-2H3;1-3H. The summed E-state index contributed by atoms with van der Waals surface area (Å²) in [7, 11) is 0. The largest absolute Gasteiger partial charge is 0.491 e. The van der Waals surface area contributed by atoms with Crippen molar-refractivity contribution in [3.8, 4) is 11.5 Å². The fourth-order valence-electron chi connectivity index (χ4n) is 12.4. The van der Waals surface area contributed by atoms with E-state index in [0.717, 1.165) is 136 Å². The number of aliphatic imine (C=N–C) groups is 1. The summed E-state index contributed by atoms with van der Waals surface area (Å²) in [6, 6.07) is 49.7. The number of piperidine rings is 2. The van der Waals surface area contributed by atoms with Crippen LogP contribution in [0.3, 0.4) is 0 Å². The van der Waals surface area contributed by atoms with Gasteiger partial charge in [-0.25, -0.2) is 27.2 Å². The molecule has 4 heterocycles. The van der Waals surface area contributed by atoms with Gasteiger partial charge in [-0.3, -0.25) is 19.4 Å². The highest BCUT2D eigenvalue weighted by Crippen LogP contribution is 2.38. The van der Waals surface area contributed by atoms with Gasteiger partial charge in [0.2, 0.25) is 6.08 Å². The Hall–Kier alpha value is -9.61. The minimum absolute atomic E-state index is 0.0525. The summed E-state index contributed by atoms with van der Waals surface area (Å²) in [5.41, 5.74) is 16.0. The lowest BCUT2D eigenvalue weighted by Gasteiger charge is -2.33. The molecule has 4 aliphatic heterocycles. The minimum Gasteiger partial charge on any atom is -0.491 e. The Morgan fingerprint density at radius 3 is 1.46 bits per heavy atom. The molecule has 12 rings (SSSR count). The lowest BCUT2D eigenvalue weighted by atomic mass is 9.88. The van der Waals surface area contributed by atoms with Gasteiger partial charge in [-0.2, -0.15) is 4.99 Å². The van der Waals surface area contributed by atoms with Crippen molar-refractivity contribution >= 4 is 58.0 Å². The number of carbonyl (C=O) groups excluding carboxylic acids is 4. The fraction of sp³-hybridized carbons (Fsp3) is 0.297. The first-order valence-corrected chi connectivity index (χ1v) is 31.3. The molecule has 4 amide bonds. The van der Waals surface area contributed by atoms with Crippen LogP contribution in [0.2, 0.25) is 0 Å². The molecule has 2 saturated heterocycles. The van der Waals surface area contributed by atoms with Crippen LogP contribution in [-0.2, 0) is 30.7 Å². The number of hydrogen-bond acceptors (Lipinski definition) is 10. The van der Waals surface area contributed by atoms with Crippen molar-refractivity contribution in [1.29, 1.82) is 0 Å². The Kier molecular flexibility index (Phi) is 21.6. The van der Waals surface area contributed by atoms with Crippen molar-refractivity contribution in [3.05, 3.63) is 238 Å². The predicted octanol–water partition coefficient (Wildman–Crippen LogP) is 15.5. The minimum atomic E-state index is -0.870. The molecule has 476 valence electrons. The number of likely N-dealkylation sites (tertiary alicyclic amines) is 2. The second-order valence-electron chi connectivity index (χ2n) is 24.0. The van der Waals surface area contributed by atoms with E-state index in [1.165, 1.54) is 34.4 Å². The van der Waals surface area contributed by atoms with Gasteiger partial charge in [-0.05, 0) is 223 Å². The van der Waals surface area contributed by atoms with Crippen molar-refractivity contribution < 1.29 is 46.2 Å². The number of fused-ring (bicyclic) bond motifs is 2. The van der Waals surface area contributed by atoms with E-state index < -0.39 is 40.7 Å². The summed E-state index contributed by atoms with van der Waals surface area (Å²) in [5, 5.41) is 4.84. The number of rotatable bonds is 15. The van der Waals surface area contributed by atoms with Crippen LogP contribution in [0.4, 0.5) is 56.5 Å². The quantitative estimate of drug-likeness (QED) is 0.0393. The van der Waals surface area contributed by atoms with E-state index in [1.54, 1.807) is 17.0 Å². The number of nitrogens with one attached hydrogen (secondary N) is 2. The van der Waals surface area contributed by atoms with E-state index in [9.17, 15) is 36.7 Å². The normalized spacial score (nSPS) is 14.9. The average molecular weight is 1250 g/mol. The Balaban J connectivity index is 0.000000177. The van der Waals surface area contributed by atoms with Crippen LogP contribution in [0.1, 0.15) is 119 Å². The molecule has 8 aromatic carbocycles. The Morgan fingerprint density at radius 1 is 0.533 bits per heavy atom. The number of nitrogen functional groups attached to an aromatic ring is 1. The maximum Gasteiger partial charge on any atom is 0.323 e. The molecule has 0 spiro atoms. The van der Waals surface area contributed by atoms with Gasteiger partial charge in [0.25, 0.3) is 11.8 Å². The first-order valence-electron chi connectivity index (χ1n) is 31.3. The summed E-state index contributed by atoms with van der Waals surface area (Å²) in [6.07, 6.45) is 7.26. The lowest BCUT2D eigenvalue weighted by Crippen LogP contribution is -2.33. The molecular weight excluding hydrogens is 1170 g/mol. The van der Waals surface area contributed by atoms with Gasteiger partial charge in [-0.15, -0.1) is 0 Å². The zero-order valence-corrected chi connectivity index (χ0v) is 52.1. The SMILES string of the molecule is CC(C)Oc1ccccc1C1CCN(Cc2cccc(C(=O)N3CCc4ccc(N)cc43)c2)CC1.CC(C)Oc1ccccc1C1CCN(Cc2cccc(C(=O)N3CCc4ccc(NC(=O)Nc5c(F)cccc5F)cc43)c2)CC1.O=C=Nc1c(F)cccc1F. The molecule has 4 N–H and O–H groups in total. The van der Waals surface area contributed by atoms with Gasteiger partial charge in [0.15, 0.2) is 11.6 Å². The highest BCUT2D eigenvalue weighted by atomic mass is 19.1. The van der Waals surface area contributed by atoms with Crippen LogP contribution < -0.4 is 35.6 Å². The van der Waals surface area contributed by atoms with Crippen molar-refractivity contribution in [1.82, 2.24) is 9.80 Å². The number of nitrogens with zero attached hydrogens (tertiary/aromatic N) is 5. The van der Waals surface area contributed by atoms with Crippen molar-refractivity contribution in [2.75, 3.05) is 65.4 Å². The summed E-state index contributed by atoms with van der Waals surface area (Å²) in [5.74, 6) is -0.546. The molecule has 4 aliphatic rings. The van der Waals surface area contributed by atoms with E-state index >= 15 is 0 Å². The summed E-state index contributed by atoms with van der Waals surface area (Å²) < 4.78 is 65.2. The molecule has 0 aliphatic carbocycles. The fourth-order valence-corrected chi connectivity index (χ4v) is 12.4. The molecule has 0 bridgehead atoms. The van der Waals surface area contributed by atoms with E-state index in [2.05, 4.69) is 114 Å². The molecule has 8 aromatic rings. The number of ether oxygens (including phenoxy) is 2. The van der Waals surface area contributed by atoms with Crippen LogP contribution in [0.25, 0.3) is 0 Å². The zero-order chi connectivity index (χ0) is 64.8. The van der Waals surface area contributed by atoms with Crippen LogP contribution in [0.5, 0.6) is 11.5 Å². The molecule has 0 aromatic heterocycles. The second-order valence-corrected chi connectivity index (χ2v) is 24.0. The van der Waals surface area contributed by atoms with Crippen molar-refractivity contribution in [3.63, 3.8) is 0 Å². The second kappa shape index (κ2) is 30.5. The Morgan fingerprint density at radius 2 is 0.978 bits per heavy atom. The number of benzene rings is 8. The van der Waals surface area contributed by atoms with Crippen LogP contribution in [0.15, 0.2) is 175 Å². The third-order valence-corrected chi connectivity index (χ3v) is 16.8. The number of nitrogens with two attached hydrogens (primary N) is 1. The van der Waals surface area contributed by atoms with Crippen LogP contribution in [-0.4, -0.2) is 85.2 Å². The van der Waals surface area contributed by atoms with Crippen molar-refractivity contribution in [2.24, 2.45) is 4.99 Å². The monoisotopic (exact) mass is 1250 g/mol. The Labute approximate surface area is 534 Å². The number of halogens is 4. The van der Waals surface area contributed by atoms with Gasteiger partial charge in [0.05, 0.1) is 12.2 Å². The summed E-state index contributed by atoms with van der Waals surface area (Å²) in [4.78, 5) is 60.6. The van der Waals surface area contributed by atoms with Gasteiger partial charge in [0.1, 0.15) is 34.5 Å². The molecule has 0 radical (unpaired) electrons. The molecule has 0 atom stereocenters. The smallest absolute Gasteiger partial charge is 0.323 e. The van der Waals surface area contributed by atoms with Gasteiger partial charge in [-0.1, -0.05) is 84.9 Å². The number of para-hydroxylation sites is 4. The van der Waals surface area contributed by atoms with E-state index in [0.29, 0.717) is 54.0 Å². The molecule has 18 heteroatoms. The maximum absolute atomic E-state index is 14.0. The molecule has 0 saturated carbocycles. The molecule has 14 nitrogen and oxygen atoms in total. The molecule has 0 unspecified atom stereocenters. The molecule has 92 heavy (non-hydrogen) atoms. The van der Waals surface area contributed by atoms with Crippen LogP contribution in [0, 0.1) is 23.3 Å². The van der Waals surface area contributed by atoms with Crippen LogP contribution >= 0.6 is 0 Å². The highest BCUT2D eigenvalue weighted by Gasteiger charge is 2.30. The zero-order valence-electron chi connectivity index (χ0n) is 52.1. The number of urea groups is 1. The number of isocyanates is 1. The lowest BCUT2D eigenvalue weighted by molar-refractivity contribution is 0.0981. The topological polar surface area (TPSA) is 162 Å². The molecular formula is C74H76F4N8O6. The summed E-state index contributed by atoms with van der Waals surface area (Å²) >= 11 is 0. The number of anilines is 5. The van der Waals surface area contributed by atoms with E-state index in [1.807, 2.05) is 65.6 Å². The maximum atomic E-state index is 14.0.